The van der Waals surface area contributed by atoms with Gasteiger partial charge in [-0.3, -0.25) is 0 Å². The number of aromatic nitrogens is 2. The van der Waals surface area contributed by atoms with E-state index >= 15 is 0 Å². The number of hydrogen-bond donors (Lipinski definition) is 0. The summed E-state index contributed by atoms with van der Waals surface area (Å²) in [5.74, 6) is 0. The Hall–Kier alpha value is -2.52. The van der Waals surface area contributed by atoms with Gasteiger partial charge in [-0.1, -0.05) is 23.2 Å². The molecule has 1 aromatic heterocycles. The van der Waals surface area contributed by atoms with E-state index in [0.717, 1.165) is 13.2 Å². The van der Waals surface area contributed by atoms with Gasteiger partial charge >= 0.3 is 11.7 Å². The summed E-state index contributed by atoms with van der Waals surface area (Å²) in [6, 6.07) is 3.21. The first-order valence-corrected chi connectivity index (χ1v) is 9.69. The van der Waals surface area contributed by atoms with Crippen molar-refractivity contribution in [2.75, 3.05) is 7.11 Å². The fourth-order valence-electron chi connectivity index (χ4n) is 2.43. The summed E-state index contributed by atoms with van der Waals surface area (Å²) < 4.78 is 108. The molecule has 31 heavy (non-hydrogen) atoms. The van der Waals surface area contributed by atoms with Crippen LogP contribution in [-0.2, 0) is 20.8 Å². The summed E-state index contributed by atoms with van der Waals surface area (Å²) in [5.41, 5.74) is -10.4. The van der Waals surface area contributed by atoms with Gasteiger partial charge in [0.1, 0.15) is 28.4 Å². The van der Waals surface area contributed by atoms with Crippen LogP contribution in [-0.4, -0.2) is 30.8 Å². The molecule has 166 valence electrons. The molecule has 0 N–H and O–H groups in total. The molecule has 1 aromatic carbocycles. The van der Waals surface area contributed by atoms with Gasteiger partial charge in [-0.05, 0) is 12.1 Å². The maximum absolute atomic E-state index is 13.2. The lowest BCUT2D eigenvalue weighted by molar-refractivity contribution is -0.137. The van der Waals surface area contributed by atoms with E-state index in [0.29, 0.717) is 12.1 Å². The van der Waals surface area contributed by atoms with E-state index in [4.69, 9.17) is 28.5 Å². The van der Waals surface area contributed by atoms with Crippen molar-refractivity contribution in [1.29, 1.82) is 10.5 Å². The number of methoxy groups -OCH3 is 1. The molecule has 0 bridgehead atoms. The lowest BCUT2D eigenvalue weighted by atomic mass is 10.2. The molecule has 7 nitrogen and oxygen atoms in total. The highest BCUT2D eigenvalue weighted by Gasteiger charge is 2.52. The van der Waals surface area contributed by atoms with Gasteiger partial charge in [-0.2, -0.15) is 42.0 Å². The molecule has 0 saturated carbocycles. The van der Waals surface area contributed by atoms with Gasteiger partial charge < -0.3 is 4.74 Å². The van der Waals surface area contributed by atoms with Crippen LogP contribution >= 0.6 is 23.2 Å². The van der Waals surface area contributed by atoms with Crippen molar-refractivity contribution in [2.45, 2.75) is 22.7 Å². The molecule has 1 heterocycles. The van der Waals surface area contributed by atoms with Crippen LogP contribution in [0.3, 0.4) is 0 Å². The average Bonchev–Trinajstić information content (AvgIpc) is 3.00. The van der Waals surface area contributed by atoms with E-state index in [1.54, 1.807) is 0 Å². The molecule has 0 aliphatic heterocycles. The molecule has 2 aromatic rings. The highest BCUT2D eigenvalue weighted by molar-refractivity contribution is 7.92. The van der Waals surface area contributed by atoms with Crippen LogP contribution in [0.5, 0.6) is 0 Å². The third-order valence-corrected chi connectivity index (χ3v) is 5.84. The van der Waals surface area contributed by atoms with Crippen molar-refractivity contribution in [3.63, 3.8) is 0 Å². The number of ether oxygens (including phenoxy) is 1. The Bertz CT molecular complexity index is 1200. The van der Waals surface area contributed by atoms with Crippen LogP contribution in [0.2, 0.25) is 10.0 Å². The van der Waals surface area contributed by atoms with Gasteiger partial charge in [0, 0.05) is 7.11 Å². The minimum Gasteiger partial charge on any atom is -0.360 e. The number of benzene rings is 1. The number of nitrogens with zero attached hydrogens (tertiary/aromatic N) is 4. The highest BCUT2D eigenvalue weighted by Crippen LogP contribution is 2.42. The lowest BCUT2D eigenvalue weighted by Crippen LogP contribution is -2.26. The van der Waals surface area contributed by atoms with Crippen molar-refractivity contribution in [1.82, 2.24) is 9.78 Å². The standard InChI is InChI=1S/C15H6Cl2F6N4O3S/c1-30-10(5-25)12-13(31(28,29)15(21,22)23)9(4-24)26-27(12)11-7(16)2-6(3-8(11)17)14(18,19)20/h2-3,10H,1H3. The Morgan fingerprint density at radius 2 is 1.65 bits per heavy atom. The molecule has 0 aliphatic carbocycles. The number of alkyl halides is 6. The molecule has 1 atom stereocenters. The Kier molecular flexibility index (Phi) is 6.54. The number of rotatable bonds is 4. The van der Waals surface area contributed by atoms with Gasteiger partial charge in [0.25, 0.3) is 9.84 Å². The van der Waals surface area contributed by atoms with Gasteiger partial charge in [0.2, 0.25) is 0 Å². The molecule has 16 heteroatoms. The van der Waals surface area contributed by atoms with Crippen molar-refractivity contribution >= 4 is 33.0 Å². The number of sulfone groups is 1. The first-order chi connectivity index (χ1) is 14.1. The van der Waals surface area contributed by atoms with Crippen LogP contribution in [0, 0.1) is 22.7 Å². The Labute approximate surface area is 179 Å². The third kappa shape index (κ3) is 4.29. The monoisotopic (exact) mass is 506 g/mol. The van der Waals surface area contributed by atoms with Gasteiger partial charge in [-0.25, -0.2) is 13.1 Å². The predicted octanol–water partition coefficient (Wildman–Crippen LogP) is 4.57. The summed E-state index contributed by atoms with van der Waals surface area (Å²) in [4.78, 5) is -1.72. The van der Waals surface area contributed by atoms with Gasteiger partial charge in [-0.15, -0.1) is 0 Å². The fourth-order valence-corrected chi connectivity index (χ4v) is 4.12. The summed E-state index contributed by atoms with van der Waals surface area (Å²) >= 11 is 11.6. The van der Waals surface area contributed by atoms with Crippen LogP contribution < -0.4 is 0 Å². The van der Waals surface area contributed by atoms with Crippen molar-refractivity contribution in [3.8, 4) is 17.8 Å². The third-order valence-electron chi connectivity index (χ3n) is 3.71. The second-order valence-corrected chi connectivity index (χ2v) is 8.26. The van der Waals surface area contributed by atoms with Crippen LogP contribution in [0.1, 0.15) is 23.1 Å². The smallest absolute Gasteiger partial charge is 0.360 e. The molecule has 0 spiro atoms. The number of halogens is 8. The number of nitriles is 2. The van der Waals surface area contributed by atoms with Crippen LogP contribution in [0.25, 0.3) is 5.69 Å². The Morgan fingerprint density at radius 1 is 1.13 bits per heavy atom. The molecule has 0 fully saturated rings. The van der Waals surface area contributed by atoms with Crippen LogP contribution in [0.4, 0.5) is 26.3 Å². The summed E-state index contributed by atoms with van der Waals surface area (Å²) in [7, 11) is -5.43. The molecule has 2 rings (SSSR count). The largest absolute Gasteiger partial charge is 0.502 e. The van der Waals surface area contributed by atoms with E-state index < -0.39 is 65.2 Å². The van der Waals surface area contributed by atoms with Crippen molar-refractivity contribution in [3.05, 3.63) is 39.1 Å². The Morgan fingerprint density at radius 3 is 2.00 bits per heavy atom. The van der Waals surface area contributed by atoms with E-state index in [-0.39, 0.29) is 4.68 Å². The Balaban J connectivity index is 3.05. The van der Waals surface area contributed by atoms with E-state index in [2.05, 4.69) is 9.84 Å². The molecular weight excluding hydrogens is 501 g/mol. The average molecular weight is 507 g/mol. The quantitative estimate of drug-likeness (QED) is 0.561. The number of hydrogen-bond acceptors (Lipinski definition) is 6. The molecule has 0 radical (unpaired) electrons. The van der Waals surface area contributed by atoms with E-state index in [1.807, 2.05) is 0 Å². The van der Waals surface area contributed by atoms with E-state index in [9.17, 15) is 40.0 Å². The van der Waals surface area contributed by atoms with Crippen molar-refractivity contribution in [2.24, 2.45) is 0 Å². The van der Waals surface area contributed by atoms with E-state index in [1.165, 1.54) is 6.07 Å². The zero-order valence-electron chi connectivity index (χ0n) is 14.7. The second kappa shape index (κ2) is 8.20. The first-order valence-electron chi connectivity index (χ1n) is 7.45. The van der Waals surface area contributed by atoms with Gasteiger partial charge in [0.15, 0.2) is 11.8 Å². The highest BCUT2D eigenvalue weighted by atomic mass is 35.5. The summed E-state index contributed by atoms with van der Waals surface area (Å²) in [6.07, 6.45) is -6.96. The van der Waals surface area contributed by atoms with Gasteiger partial charge in [0.05, 0.1) is 15.6 Å². The molecular formula is C15H6Cl2F6N4O3S. The first kappa shape index (κ1) is 24.7. The predicted molar refractivity (Wildman–Crippen MR) is 91.9 cm³/mol. The SMILES string of the molecule is COC(C#N)c1c(S(=O)(=O)C(F)(F)F)c(C#N)nn1-c1c(Cl)cc(C(F)(F)F)cc1Cl. The summed E-state index contributed by atoms with van der Waals surface area (Å²) in [6.45, 7) is 0. The zero-order valence-corrected chi connectivity index (χ0v) is 17.0. The lowest BCUT2D eigenvalue weighted by Gasteiger charge is -2.17. The zero-order chi connectivity index (χ0) is 23.9. The molecule has 1 unspecified atom stereocenters. The van der Waals surface area contributed by atoms with Crippen LogP contribution in [0.15, 0.2) is 17.0 Å². The fraction of sp³-hybridized carbons (Fsp3) is 0.267. The topological polar surface area (TPSA) is 109 Å². The molecule has 0 amide bonds. The van der Waals surface area contributed by atoms with Crippen molar-refractivity contribution < 1.29 is 39.5 Å². The summed E-state index contributed by atoms with van der Waals surface area (Å²) in [5, 5.41) is 20.2. The molecule has 0 saturated heterocycles. The minimum atomic E-state index is -6.26. The minimum absolute atomic E-state index is 0.263. The molecule has 0 aliphatic rings. The maximum Gasteiger partial charge on any atom is 0.502 e. The normalized spacial score (nSPS) is 13.5. The maximum atomic E-state index is 13.2. The second-order valence-electron chi connectivity index (χ2n) is 5.57.